The topological polar surface area (TPSA) is 38.5 Å². The zero-order valence-corrected chi connectivity index (χ0v) is 18.8. The monoisotopic (exact) mass is 414 g/mol. The number of aromatic nitrogens is 1. The second-order valence-electron chi connectivity index (χ2n) is 7.83. The predicted molar refractivity (Wildman–Crippen MR) is 126 cm³/mol. The molecule has 3 aromatic carbocycles. The van der Waals surface area contributed by atoms with Crippen LogP contribution >= 0.6 is 0 Å². The van der Waals surface area contributed by atoms with E-state index in [4.69, 9.17) is 9.26 Å². The fourth-order valence-corrected chi connectivity index (χ4v) is 6.63. The van der Waals surface area contributed by atoms with Crippen molar-refractivity contribution in [3.8, 4) is 17.0 Å². The molecule has 4 nitrogen and oxygen atoms in total. The van der Waals surface area contributed by atoms with E-state index in [0.717, 1.165) is 28.6 Å². The van der Waals surface area contributed by atoms with Gasteiger partial charge in [-0.2, -0.15) is 0 Å². The molecule has 0 bridgehead atoms. The smallest absolute Gasteiger partial charge is 0.231 e. The summed E-state index contributed by atoms with van der Waals surface area (Å²) in [5.41, 5.74) is 2.99. The highest BCUT2D eigenvalue weighted by molar-refractivity contribution is 7.02. The second-order valence-corrected chi connectivity index (χ2v) is 12.2. The maximum atomic E-state index is 6.01. The Morgan fingerprint density at radius 1 is 0.833 bits per heavy atom. The molecule has 1 aromatic heterocycles. The molecule has 0 aliphatic carbocycles. The van der Waals surface area contributed by atoms with E-state index in [0.29, 0.717) is 0 Å². The van der Waals surface area contributed by atoms with Crippen LogP contribution in [0.3, 0.4) is 0 Å². The van der Waals surface area contributed by atoms with Gasteiger partial charge in [0.1, 0.15) is 19.5 Å². The van der Waals surface area contributed by atoms with Crippen molar-refractivity contribution in [2.75, 3.05) is 19.1 Å². The lowest BCUT2D eigenvalue weighted by atomic mass is 10.1. The molecule has 0 amide bonds. The maximum Gasteiger partial charge on any atom is 0.231 e. The quantitative estimate of drug-likeness (QED) is 0.419. The van der Waals surface area contributed by atoms with Gasteiger partial charge in [-0.05, 0) is 36.4 Å². The molecule has 0 aliphatic rings. The van der Waals surface area contributed by atoms with Gasteiger partial charge in [-0.3, -0.25) is 0 Å². The lowest BCUT2D eigenvalue weighted by Crippen LogP contribution is -2.54. The Morgan fingerprint density at radius 3 is 2.03 bits per heavy atom. The fourth-order valence-electron chi connectivity index (χ4n) is 3.79. The lowest BCUT2D eigenvalue weighted by molar-refractivity contribution is 0.414. The van der Waals surface area contributed by atoms with E-state index < -0.39 is 8.07 Å². The summed E-state index contributed by atoms with van der Waals surface area (Å²) < 4.78 is 11.3. The molecule has 0 saturated heterocycles. The van der Waals surface area contributed by atoms with Gasteiger partial charge < -0.3 is 14.2 Å². The Balaban J connectivity index is 1.90. The van der Waals surface area contributed by atoms with Crippen molar-refractivity contribution in [2.45, 2.75) is 13.1 Å². The first kappa shape index (κ1) is 20.0. The second kappa shape index (κ2) is 8.20. The van der Waals surface area contributed by atoms with E-state index in [1.54, 1.807) is 7.11 Å². The Hall–Kier alpha value is -3.31. The number of benzene rings is 3. The van der Waals surface area contributed by atoms with Crippen molar-refractivity contribution in [1.29, 1.82) is 0 Å². The number of nitrogens with zero attached hydrogens (tertiary/aromatic N) is 2. The zero-order valence-electron chi connectivity index (χ0n) is 17.8. The third kappa shape index (κ3) is 3.64. The van der Waals surface area contributed by atoms with Gasteiger partial charge in [0.25, 0.3) is 0 Å². The summed E-state index contributed by atoms with van der Waals surface area (Å²) in [6.07, 6.45) is 0. The molecule has 30 heavy (non-hydrogen) atoms. The number of methoxy groups -OCH3 is 1. The van der Waals surface area contributed by atoms with E-state index in [1.807, 2.05) is 49.5 Å². The standard InChI is InChI=1S/C25H26N2O2Si/c1-27(20-11-7-5-8-12-20)25-24(30(3,4)22-13-9-6-10-14-22)23(26-29-25)19-15-17-21(28-2)18-16-19/h5-18H,1-4H3. The normalized spacial score (nSPS) is 11.3. The van der Waals surface area contributed by atoms with Crippen molar-refractivity contribution in [1.82, 2.24) is 5.16 Å². The minimum absolute atomic E-state index is 0.799. The van der Waals surface area contributed by atoms with Gasteiger partial charge in [0.15, 0.2) is 0 Å². The molecule has 0 unspecified atom stereocenters. The van der Waals surface area contributed by atoms with E-state index in [1.165, 1.54) is 10.4 Å². The van der Waals surface area contributed by atoms with Gasteiger partial charge in [0.05, 0.1) is 7.11 Å². The molecule has 0 saturated carbocycles. The first-order chi connectivity index (χ1) is 14.5. The number of hydrogen-bond donors (Lipinski definition) is 0. The van der Waals surface area contributed by atoms with Crippen LogP contribution < -0.4 is 20.0 Å². The third-order valence-corrected chi connectivity index (χ3v) is 9.08. The average molecular weight is 415 g/mol. The van der Waals surface area contributed by atoms with Crippen LogP contribution in [0.4, 0.5) is 11.6 Å². The maximum absolute atomic E-state index is 6.01. The van der Waals surface area contributed by atoms with Crippen LogP contribution in [0.5, 0.6) is 5.75 Å². The van der Waals surface area contributed by atoms with Crippen LogP contribution in [0.2, 0.25) is 13.1 Å². The van der Waals surface area contributed by atoms with Gasteiger partial charge in [0, 0.05) is 23.5 Å². The summed E-state index contributed by atoms with van der Waals surface area (Å²) in [4.78, 5) is 2.09. The van der Waals surface area contributed by atoms with Crippen molar-refractivity contribution in [3.05, 3.63) is 84.9 Å². The van der Waals surface area contributed by atoms with Crippen LogP contribution in [0.25, 0.3) is 11.3 Å². The first-order valence-electron chi connectivity index (χ1n) is 10.0. The van der Waals surface area contributed by atoms with Crippen molar-refractivity contribution >= 4 is 30.0 Å². The lowest BCUT2D eigenvalue weighted by Gasteiger charge is -2.27. The molecule has 0 radical (unpaired) electrons. The van der Waals surface area contributed by atoms with Crippen molar-refractivity contribution < 1.29 is 9.26 Å². The Bertz CT molecular complexity index is 1110. The van der Waals surface area contributed by atoms with E-state index in [2.05, 4.69) is 65.6 Å². The summed E-state index contributed by atoms with van der Waals surface area (Å²) in [7, 11) is 1.59. The highest BCUT2D eigenvalue weighted by Gasteiger charge is 2.37. The minimum Gasteiger partial charge on any atom is -0.497 e. The number of hydrogen-bond acceptors (Lipinski definition) is 4. The SMILES string of the molecule is COc1ccc(-c2noc(N(C)c3ccccc3)c2[Si](C)(C)c2ccccc2)cc1. The molecule has 0 spiro atoms. The largest absolute Gasteiger partial charge is 0.497 e. The fraction of sp³-hybridized carbons (Fsp3) is 0.160. The molecule has 0 aliphatic heterocycles. The highest BCUT2D eigenvalue weighted by atomic mass is 28.3. The molecular weight excluding hydrogens is 388 g/mol. The average Bonchev–Trinajstić information content (AvgIpc) is 3.26. The minimum atomic E-state index is -2.12. The van der Waals surface area contributed by atoms with Gasteiger partial charge in [-0.15, -0.1) is 0 Å². The summed E-state index contributed by atoms with van der Waals surface area (Å²) >= 11 is 0. The van der Waals surface area contributed by atoms with Crippen molar-refractivity contribution in [2.24, 2.45) is 0 Å². The number of ether oxygens (including phenoxy) is 1. The van der Waals surface area contributed by atoms with Gasteiger partial charge in [-0.25, -0.2) is 0 Å². The first-order valence-corrected chi connectivity index (χ1v) is 13.0. The van der Waals surface area contributed by atoms with E-state index in [-0.39, 0.29) is 0 Å². The zero-order chi connectivity index (χ0) is 21.1. The Kier molecular flexibility index (Phi) is 5.46. The summed E-state index contributed by atoms with van der Waals surface area (Å²) in [5, 5.41) is 7.08. The van der Waals surface area contributed by atoms with Gasteiger partial charge >= 0.3 is 0 Å². The molecule has 0 N–H and O–H groups in total. The van der Waals surface area contributed by atoms with Crippen LogP contribution in [0.1, 0.15) is 0 Å². The van der Waals surface area contributed by atoms with Crippen LogP contribution in [-0.4, -0.2) is 27.4 Å². The van der Waals surface area contributed by atoms with Crippen molar-refractivity contribution in [3.63, 3.8) is 0 Å². The molecule has 5 heteroatoms. The number of anilines is 2. The molecule has 0 fully saturated rings. The Labute approximate surface area is 178 Å². The molecule has 4 rings (SSSR count). The predicted octanol–water partition coefficient (Wildman–Crippen LogP) is 4.94. The van der Waals surface area contributed by atoms with E-state index >= 15 is 0 Å². The van der Waals surface area contributed by atoms with Crippen LogP contribution in [-0.2, 0) is 0 Å². The number of para-hydroxylation sites is 1. The van der Waals surface area contributed by atoms with Gasteiger partial charge in [-0.1, -0.05) is 72.0 Å². The van der Waals surface area contributed by atoms with Gasteiger partial charge in [0.2, 0.25) is 5.88 Å². The molecule has 152 valence electrons. The summed E-state index contributed by atoms with van der Waals surface area (Å²) in [6, 6.07) is 28.9. The molecular formula is C25H26N2O2Si. The summed E-state index contributed by atoms with van der Waals surface area (Å²) in [6.45, 7) is 4.70. The molecule has 0 atom stereocenters. The third-order valence-electron chi connectivity index (χ3n) is 5.61. The molecule has 4 aromatic rings. The van der Waals surface area contributed by atoms with Crippen LogP contribution in [0.15, 0.2) is 89.5 Å². The Morgan fingerprint density at radius 2 is 1.43 bits per heavy atom. The number of rotatable bonds is 6. The molecule has 1 heterocycles. The van der Waals surface area contributed by atoms with Crippen LogP contribution in [0, 0.1) is 0 Å². The highest BCUT2D eigenvalue weighted by Crippen LogP contribution is 2.30. The summed E-state index contributed by atoms with van der Waals surface area (Å²) in [5.74, 6) is 1.62. The van der Waals surface area contributed by atoms with E-state index in [9.17, 15) is 0 Å².